The minimum Gasteiger partial charge on any atom is -0.126 e. The van der Waals surface area contributed by atoms with Crippen LogP contribution in [0.3, 0.4) is 0 Å². The van der Waals surface area contributed by atoms with Crippen LogP contribution >= 0.6 is 11.6 Å². The highest BCUT2D eigenvalue weighted by molar-refractivity contribution is 6.18. The molecule has 12 heavy (non-hydrogen) atoms. The van der Waals surface area contributed by atoms with E-state index in [0.717, 1.165) is 24.1 Å². The summed E-state index contributed by atoms with van der Waals surface area (Å²) in [7, 11) is 0. The van der Waals surface area contributed by atoms with E-state index in [-0.39, 0.29) is 0 Å². The van der Waals surface area contributed by atoms with Gasteiger partial charge in [-0.2, -0.15) is 0 Å². The molecule has 1 saturated carbocycles. The first-order valence-electron chi connectivity index (χ1n) is 5.05. The molecule has 1 rings (SSSR count). The van der Waals surface area contributed by atoms with Crippen LogP contribution in [-0.4, -0.2) is 5.88 Å². The summed E-state index contributed by atoms with van der Waals surface area (Å²) in [4.78, 5) is 0. The zero-order chi connectivity index (χ0) is 8.81. The molecule has 0 saturated heterocycles. The van der Waals surface area contributed by atoms with E-state index in [1.807, 2.05) is 6.08 Å². The standard InChI is InChI=1S/C11H19Cl/c1-2-3-6-11(9-12)10-7-4-5-8-10/h2,10-11H,1,3-9H2. The van der Waals surface area contributed by atoms with E-state index in [2.05, 4.69) is 6.58 Å². The fourth-order valence-electron chi connectivity index (χ4n) is 2.20. The van der Waals surface area contributed by atoms with Gasteiger partial charge in [0.1, 0.15) is 0 Å². The molecule has 1 atom stereocenters. The van der Waals surface area contributed by atoms with E-state index in [4.69, 9.17) is 11.6 Å². The van der Waals surface area contributed by atoms with E-state index in [1.54, 1.807) is 0 Å². The Morgan fingerprint density at radius 2 is 2.08 bits per heavy atom. The number of hydrogen-bond acceptors (Lipinski definition) is 0. The molecule has 0 spiro atoms. The van der Waals surface area contributed by atoms with Crippen molar-refractivity contribution in [2.45, 2.75) is 38.5 Å². The van der Waals surface area contributed by atoms with Crippen LogP contribution in [0, 0.1) is 11.8 Å². The Labute approximate surface area is 81.0 Å². The van der Waals surface area contributed by atoms with Gasteiger partial charge in [0.2, 0.25) is 0 Å². The molecule has 0 aliphatic heterocycles. The van der Waals surface area contributed by atoms with Crippen molar-refractivity contribution >= 4 is 11.6 Å². The third-order valence-corrected chi connectivity index (χ3v) is 3.40. The third-order valence-electron chi connectivity index (χ3n) is 3.01. The molecule has 0 aromatic carbocycles. The van der Waals surface area contributed by atoms with Crippen LogP contribution in [0.25, 0.3) is 0 Å². The summed E-state index contributed by atoms with van der Waals surface area (Å²) in [5.74, 6) is 2.52. The van der Waals surface area contributed by atoms with Gasteiger partial charge in [0.05, 0.1) is 0 Å². The van der Waals surface area contributed by atoms with Gasteiger partial charge in [-0.1, -0.05) is 31.8 Å². The Morgan fingerprint density at radius 1 is 1.42 bits per heavy atom. The predicted octanol–water partition coefficient (Wildman–Crippen LogP) is 4.00. The van der Waals surface area contributed by atoms with Gasteiger partial charge in [-0.3, -0.25) is 0 Å². The van der Waals surface area contributed by atoms with Gasteiger partial charge >= 0.3 is 0 Å². The number of rotatable bonds is 5. The molecular formula is C11H19Cl. The van der Waals surface area contributed by atoms with E-state index in [0.29, 0.717) is 0 Å². The summed E-state index contributed by atoms with van der Waals surface area (Å²) in [5, 5.41) is 0. The summed E-state index contributed by atoms with van der Waals surface area (Å²) in [6.07, 6.45) is 10.1. The second-order valence-electron chi connectivity index (χ2n) is 3.82. The van der Waals surface area contributed by atoms with Crippen LogP contribution in [0.4, 0.5) is 0 Å². The van der Waals surface area contributed by atoms with Crippen molar-refractivity contribution in [2.24, 2.45) is 11.8 Å². The first-order chi connectivity index (χ1) is 5.88. The summed E-state index contributed by atoms with van der Waals surface area (Å²) < 4.78 is 0. The zero-order valence-corrected chi connectivity index (χ0v) is 8.52. The van der Waals surface area contributed by atoms with Crippen molar-refractivity contribution in [1.82, 2.24) is 0 Å². The predicted molar refractivity (Wildman–Crippen MR) is 55.6 cm³/mol. The molecule has 0 amide bonds. The molecule has 1 aliphatic rings. The summed E-state index contributed by atoms with van der Waals surface area (Å²) in [6, 6.07) is 0. The molecule has 1 unspecified atom stereocenters. The Kier molecular flexibility index (Phi) is 4.75. The molecule has 1 aliphatic carbocycles. The first-order valence-corrected chi connectivity index (χ1v) is 5.58. The lowest BCUT2D eigenvalue weighted by atomic mass is 9.89. The maximum atomic E-state index is 5.95. The zero-order valence-electron chi connectivity index (χ0n) is 7.77. The molecular weight excluding hydrogens is 168 g/mol. The van der Waals surface area contributed by atoms with E-state index in [1.165, 1.54) is 32.1 Å². The minimum atomic E-state index is 0.757. The van der Waals surface area contributed by atoms with Crippen LogP contribution in [0.2, 0.25) is 0 Å². The topological polar surface area (TPSA) is 0 Å². The van der Waals surface area contributed by atoms with Crippen molar-refractivity contribution in [2.75, 3.05) is 5.88 Å². The van der Waals surface area contributed by atoms with Crippen molar-refractivity contribution in [3.8, 4) is 0 Å². The van der Waals surface area contributed by atoms with Gasteiger partial charge in [0, 0.05) is 5.88 Å². The second kappa shape index (κ2) is 5.64. The largest absolute Gasteiger partial charge is 0.126 e. The Balaban J connectivity index is 2.27. The highest BCUT2D eigenvalue weighted by Gasteiger charge is 2.23. The average Bonchev–Trinajstić information content (AvgIpc) is 2.59. The number of hydrogen-bond donors (Lipinski definition) is 0. The summed E-state index contributed by atoms with van der Waals surface area (Å²) in [5.41, 5.74) is 0. The summed E-state index contributed by atoms with van der Waals surface area (Å²) in [6.45, 7) is 3.75. The highest BCUT2D eigenvalue weighted by atomic mass is 35.5. The lowest BCUT2D eigenvalue weighted by Crippen LogP contribution is -2.12. The Hall–Kier alpha value is 0.0300. The van der Waals surface area contributed by atoms with Crippen LogP contribution in [0.15, 0.2) is 12.7 Å². The van der Waals surface area contributed by atoms with Crippen molar-refractivity contribution in [3.05, 3.63) is 12.7 Å². The molecule has 70 valence electrons. The lowest BCUT2D eigenvalue weighted by Gasteiger charge is -2.19. The Morgan fingerprint density at radius 3 is 2.58 bits per heavy atom. The molecule has 0 aromatic rings. The number of halogens is 1. The molecule has 0 radical (unpaired) electrons. The normalized spacial score (nSPS) is 21.1. The highest BCUT2D eigenvalue weighted by Crippen LogP contribution is 2.34. The smallest absolute Gasteiger partial charge is 0.0254 e. The number of allylic oxidation sites excluding steroid dienone is 1. The van der Waals surface area contributed by atoms with Gasteiger partial charge in [0.15, 0.2) is 0 Å². The van der Waals surface area contributed by atoms with Gasteiger partial charge < -0.3 is 0 Å². The third kappa shape index (κ3) is 2.82. The van der Waals surface area contributed by atoms with E-state index in [9.17, 15) is 0 Å². The maximum Gasteiger partial charge on any atom is 0.0254 e. The molecule has 0 N–H and O–H groups in total. The quantitative estimate of drug-likeness (QED) is 0.450. The van der Waals surface area contributed by atoms with Crippen molar-refractivity contribution in [3.63, 3.8) is 0 Å². The van der Waals surface area contributed by atoms with Crippen molar-refractivity contribution in [1.29, 1.82) is 0 Å². The molecule has 1 heteroatoms. The van der Waals surface area contributed by atoms with Gasteiger partial charge in [0.25, 0.3) is 0 Å². The number of alkyl halides is 1. The van der Waals surface area contributed by atoms with Crippen LogP contribution < -0.4 is 0 Å². The molecule has 0 heterocycles. The fraction of sp³-hybridized carbons (Fsp3) is 0.818. The lowest BCUT2D eigenvalue weighted by molar-refractivity contribution is 0.352. The van der Waals surface area contributed by atoms with Crippen LogP contribution in [-0.2, 0) is 0 Å². The van der Waals surface area contributed by atoms with Gasteiger partial charge in [-0.15, -0.1) is 18.2 Å². The monoisotopic (exact) mass is 186 g/mol. The maximum absolute atomic E-state index is 5.95. The van der Waals surface area contributed by atoms with Crippen molar-refractivity contribution < 1.29 is 0 Å². The molecule has 1 fully saturated rings. The van der Waals surface area contributed by atoms with Crippen LogP contribution in [0.1, 0.15) is 38.5 Å². The molecule has 0 bridgehead atoms. The van der Waals surface area contributed by atoms with Gasteiger partial charge in [-0.25, -0.2) is 0 Å². The van der Waals surface area contributed by atoms with Crippen LogP contribution in [0.5, 0.6) is 0 Å². The second-order valence-corrected chi connectivity index (χ2v) is 4.13. The first kappa shape index (κ1) is 10.1. The summed E-state index contributed by atoms with van der Waals surface area (Å²) >= 11 is 5.95. The van der Waals surface area contributed by atoms with Gasteiger partial charge in [-0.05, 0) is 24.7 Å². The van der Waals surface area contributed by atoms with E-state index >= 15 is 0 Å². The average molecular weight is 187 g/mol. The van der Waals surface area contributed by atoms with E-state index < -0.39 is 0 Å². The minimum absolute atomic E-state index is 0.757. The molecule has 0 nitrogen and oxygen atoms in total. The fourth-order valence-corrected chi connectivity index (χ4v) is 2.61. The Bertz CT molecular complexity index is 125. The SMILES string of the molecule is C=CCCC(CCl)C1CCCC1. The molecule has 0 aromatic heterocycles.